The fourth-order valence-electron chi connectivity index (χ4n) is 1.34. The van der Waals surface area contributed by atoms with E-state index in [1.54, 1.807) is 0 Å². The van der Waals surface area contributed by atoms with Gasteiger partial charge < -0.3 is 10.6 Å². The van der Waals surface area contributed by atoms with Crippen LogP contribution in [0.1, 0.15) is 25.6 Å². The summed E-state index contributed by atoms with van der Waals surface area (Å²) in [5.74, 6) is 0.602. The molecule has 74 valence electrons. The molecular formula is C9H18N4. The van der Waals surface area contributed by atoms with Crippen molar-refractivity contribution in [2.45, 2.75) is 26.4 Å². The van der Waals surface area contributed by atoms with Crippen LogP contribution < -0.4 is 5.73 Å². The molecule has 0 saturated heterocycles. The zero-order valence-electron chi connectivity index (χ0n) is 8.78. The fraction of sp³-hybridized carbons (Fsp3) is 0.667. The number of aromatic nitrogens is 2. The summed E-state index contributed by atoms with van der Waals surface area (Å²) in [5, 5.41) is 4.23. The van der Waals surface area contributed by atoms with Crippen LogP contribution in [0.25, 0.3) is 0 Å². The molecule has 0 atom stereocenters. The summed E-state index contributed by atoms with van der Waals surface area (Å²) in [6.45, 7) is 5.08. The third kappa shape index (κ3) is 2.45. The summed E-state index contributed by atoms with van der Waals surface area (Å²) in [4.78, 5) is 2.11. The van der Waals surface area contributed by atoms with Crippen LogP contribution in [0.2, 0.25) is 0 Å². The molecule has 0 bridgehead atoms. The highest BCUT2D eigenvalue weighted by molar-refractivity contribution is 5.29. The van der Waals surface area contributed by atoms with Gasteiger partial charge in [-0.3, -0.25) is 4.68 Å². The van der Waals surface area contributed by atoms with E-state index in [-0.39, 0.29) is 0 Å². The molecule has 2 N–H and O–H groups in total. The maximum absolute atomic E-state index is 5.64. The van der Waals surface area contributed by atoms with Crippen LogP contribution in [0.5, 0.6) is 0 Å². The van der Waals surface area contributed by atoms with Gasteiger partial charge in [0.25, 0.3) is 0 Å². The van der Waals surface area contributed by atoms with Gasteiger partial charge in [-0.2, -0.15) is 5.10 Å². The first-order chi connectivity index (χ1) is 6.00. The zero-order chi connectivity index (χ0) is 10.0. The molecule has 0 spiro atoms. The highest BCUT2D eigenvalue weighted by Gasteiger charge is 2.08. The Bertz CT molecular complexity index is 275. The third-order valence-electron chi connectivity index (χ3n) is 1.80. The van der Waals surface area contributed by atoms with Crippen LogP contribution in [0.4, 0.5) is 5.82 Å². The van der Waals surface area contributed by atoms with E-state index in [0.717, 1.165) is 12.2 Å². The highest BCUT2D eigenvalue weighted by Crippen LogP contribution is 2.13. The first-order valence-corrected chi connectivity index (χ1v) is 4.49. The van der Waals surface area contributed by atoms with E-state index in [4.69, 9.17) is 5.73 Å². The number of hydrogen-bond donors (Lipinski definition) is 1. The molecule has 4 nitrogen and oxygen atoms in total. The minimum Gasteiger partial charge on any atom is -0.382 e. The second-order valence-corrected chi connectivity index (χ2v) is 3.84. The Morgan fingerprint density at radius 1 is 1.54 bits per heavy atom. The Morgan fingerprint density at radius 3 is 2.62 bits per heavy atom. The van der Waals surface area contributed by atoms with Gasteiger partial charge >= 0.3 is 0 Å². The molecule has 4 heteroatoms. The van der Waals surface area contributed by atoms with Crippen LogP contribution in [-0.4, -0.2) is 28.8 Å². The molecule has 0 saturated carbocycles. The SMILES string of the molecule is CC(C)n1nc(N)cc1CN(C)C. The van der Waals surface area contributed by atoms with Gasteiger partial charge in [0.15, 0.2) is 0 Å². The molecule has 1 aromatic rings. The molecular weight excluding hydrogens is 164 g/mol. The summed E-state index contributed by atoms with van der Waals surface area (Å²) in [5.41, 5.74) is 6.81. The lowest BCUT2D eigenvalue weighted by molar-refractivity contribution is 0.373. The molecule has 1 aromatic heterocycles. The Balaban J connectivity index is 2.91. The van der Waals surface area contributed by atoms with Gasteiger partial charge in [0.05, 0.1) is 5.69 Å². The maximum atomic E-state index is 5.64. The van der Waals surface area contributed by atoms with Crippen LogP contribution in [0.15, 0.2) is 6.07 Å². The molecule has 1 heterocycles. The van der Waals surface area contributed by atoms with E-state index in [1.807, 2.05) is 24.8 Å². The van der Waals surface area contributed by atoms with Crippen molar-refractivity contribution >= 4 is 5.82 Å². The normalized spacial score (nSPS) is 11.5. The Kier molecular flexibility index (Phi) is 2.93. The summed E-state index contributed by atoms with van der Waals surface area (Å²) < 4.78 is 1.97. The standard InChI is InChI=1S/C9H18N4/c1-7(2)13-8(6-12(3)4)5-9(10)11-13/h5,7H,6H2,1-4H3,(H2,10,11). The smallest absolute Gasteiger partial charge is 0.145 e. The number of rotatable bonds is 3. The first-order valence-electron chi connectivity index (χ1n) is 4.49. The van der Waals surface area contributed by atoms with Crippen molar-refractivity contribution in [2.24, 2.45) is 0 Å². The van der Waals surface area contributed by atoms with Gasteiger partial charge in [0, 0.05) is 18.7 Å². The van der Waals surface area contributed by atoms with Gasteiger partial charge in [0.2, 0.25) is 0 Å². The summed E-state index contributed by atoms with van der Waals surface area (Å²) in [7, 11) is 4.07. The Labute approximate surface area is 79.3 Å². The lowest BCUT2D eigenvalue weighted by Gasteiger charge is -2.13. The molecule has 0 aliphatic heterocycles. The second-order valence-electron chi connectivity index (χ2n) is 3.84. The molecule has 0 aromatic carbocycles. The average Bonchev–Trinajstić information content (AvgIpc) is 2.29. The average molecular weight is 182 g/mol. The Hall–Kier alpha value is -1.03. The largest absolute Gasteiger partial charge is 0.382 e. The zero-order valence-corrected chi connectivity index (χ0v) is 8.78. The number of nitrogen functional groups attached to an aromatic ring is 1. The van der Waals surface area contributed by atoms with Crippen molar-refractivity contribution in [2.75, 3.05) is 19.8 Å². The molecule has 1 rings (SSSR count). The van der Waals surface area contributed by atoms with Crippen molar-refractivity contribution in [1.82, 2.24) is 14.7 Å². The summed E-state index contributed by atoms with van der Waals surface area (Å²) >= 11 is 0. The van der Waals surface area contributed by atoms with E-state index in [0.29, 0.717) is 11.9 Å². The summed E-state index contributed by atoms with van der Waals surface area (Å²) in [6.07, 6.45) is 0. The van der Waals surface area contributed by atoms with Crippen LogP contribution in [-0.2, 0) is 6.54 Å². The lowest BCUT2D eigenvalue weighted by Crippen LogP contribution is -2.16. The van der Waals surface area contributed by atoms with Gasteiger partial charge in [0.1, 0.15) is 5.82 Å². The van der Waals surface area contributed by atoms with Gasteiger partial charge in [-0.15, -0.1) is 0 Å². The number of nitrogens with two attached hydrogens (primary N) is 1. The minimum absolute atomic E-state index is 0.368. The van der Waals surface area contributed by atoms with Crippen molar-refractivity contribution in [3.63, 3.8) is 0 Å². The van der Waals surface area contributed by atoms with E-state index in [9.17, 15) is 0 Å². The molecule has 13 heavy (non-hydrogen) atoms. The molecule has 0 fully saturated rings. The predicted molar refractivity (Wildman–Crippen MR) is 54.4 cm³/mol. The van der Waals surface area contributed by atoms with Crippen LogP contribution >= 0.6 is 0 Å². The lowest BCUT2D eigenvalue weighted by atomic mass is 10.3. The third-order valence-corrected chi connectivity index (χ3v) is 1.80. The van der Waals surface area contributed by atoms with E-state index in [1.165, 1.54) is 0 Å². The molecule has 0 radical (unpaired) electrons. The number of anilines is 1. The fourth-order valence-corrected chi connectivity index (χ4v) is 1.34. The van der Waals surface area contributed by atoms with Crippen LogP contribution in [0.3, 0.4) is 0 Å². The van der Waals surface area contributed by atoms with Crippen molar-refractivity contribution in [3.8, 4) is 0 Å². The van der Waals surface area contributed by atoms with Gasteiger partial charge in [-0.05, 0) is 27.9 Å². The van der Waals surface area contributed by atoms with E-state index >= 15 is 0 Å². The quantitative estimate of drug-likeness (QED) is 0.761. The number of nitrogens with zero attached hydrogens (tertiary/aromatic N) is 3. The molecule has 0 unspecified atom stereocenters. The first kappa shape index (κ1) is 10.1. The van der Waals surface area contributed by atoms with Gasteiger partial charge in [-0.25, -0.2) is 0 Å². The monoisotopic (exact) mass is 182 g/mol. The topological polar surface area (TPSA) is 47.1 Å². The highest BCUT2D eigenvalue weighted by atomic mass is 15.3. The van der Waals surface area contributed by atoms with E-state index in [2.05, 4.69) is 23.8 Å². The van der Waals surface area contributed by atoms with E-state index < -0.39 is 0 Å². The van der Waals surface area contributed by atoms with Gasteiger partial charge in [-0.1, -0.05) is 0 Å². The minimum atomic E-state index is 0.368. The van der Waals surface area contributed by atoms with Crippen molar-refractivity contribution < 1.29 is 0 Å². The number of hydrogen-bond acceptors (Lipinski definition) is 3. The maximum Gasteiger partial charge on any atom is 0.145 e. The molecule has 0 amide bonds. The molecule has 0 aliphatic rings. The van der Waals surface area contributed by atoms with Crippen LogP contribution in [0, 0.1) is 0 Å². The van der Waals surface area contributed by atoms with Crippen molar-refractivity contribution in [1.29, 1.82) is 0 Å². The summed E-state index contributed by atoms with van der Waals surface area (Å²) in [6, 6.07) is 2.30. The van der Waals surface area contributed by atoms with Crippen molar-refractivity contribution in [3.05, 3.63) is 11.8 Å². The predicted octanol–water partition coefficient (Wildman–Crippen LogP) is 1.11. The second kappa shape index (κ2) is 3.79. The Morgan fingerprint density at radius 2 is 2.15 bits per heavy atom. The molecule has 0 aliphatic carbocycles.